The van der Waals surface area contributed by atoms with Crippen molar-refractivity contribution >= 4 is 16.8 Å². The Balaban J connectivity index is 2.20. The van der Waals surface area contributed by atoms with Crippen molar-refractivity contribution in [1.82, 2.24) is 0 Å². The summed E-state index contributed by atoms with van der Waals surface area (Å²) in [6.07, 6.45) is 0. The summed E-state index contributed by atoms with van der Waals surface area (Å²) >= 11 is 0. The molecule has 0 amide bonds. The first-order valence-electron chi connectivity index (χ1n) is 5.52. The van der Waals surface area contributed by atoms with Gasteiger partial charge < -0.3 is 5.11 Å². The summed E-state index contributed by atoms with van der Waals surface area (Å²) in [6.45, 7) is 0. The lowest BCUT2D eigenvalue weighted by atomic mass is 10.2. The van der Waals surface area contributed by atoms with Crippen LogP contribution >= 0.6 is 0 Å². The molecule has 1 atom stereocenters. The number of carboxylic acids is 1. The molecule has 0 spiro atoms. The molecule has 5 heteroatoms. The summed E-state index contributed by atoms with van der Waals surface area (Å²) < 4.78 is 25.1. The number of benzene rings is 2. The van der Waals surface area contributed by atoms with Crippen molar-refractivity contribution in [2.45, 2.75) is 10.6 Å². The van der Waals surface area contributed by atoms with Crippen LogP contribution in [-0.2, 0) is 16.6 Å². The van der Waals surface area contributed by atoms with Crippen molar-refractivity contribution in [3.8, 4) is 0 Å². The van der Waals surface area contributed by atoms with Crippen LogP contribution in [0.3, 0.4) is 0 Å². The van der Waals surface area contributed by atoms with Crippen molar-refractivity contribution in [1.29, 1.82) is 0 Å². The van der Waals surface area contributed by atoms with Crippen molar-refractivity contribution in [3.63, 3.8) is 0 Å². The topological polar surface area (TPSA) is 54.4 Å². The average Bonchev–Trinajstić information content (AvgIpc) is 2.39. The van der Waals surface area contributed by atoms with E-state index >= 15 is 0 Å². The van der Waals surface area contributed by atoms with E-state index in [0.29, 0.717) is 10.5 Å². The highest BCUT2D eigenvalue weighted by Crippen LogP contribution is 2.15. The zero-order chi connectivity index (χ0) is 13.8. The third-order valence-corrected chi connectivity index (χ3v) is 3.91. The molecule has 2 aromatic rings. The SMILES string of the molecule is O=C(O)c1cccc(S(=O)Cc2cccc(F)c2)c1. The highest BCUT2D eigenvalue weighted by Gasteiger charge is 2.09. The minimum absolute atomic E-state index is 0.0880. The lowest BCUT2D eigenvalue weighted by Gasteiger charge is -2.04. The second kappa shape index (κ2) is 5.75. The first kappa shape index (κ1) is 13.4. The van der Waals surface area contributed by atoms with Crippen LogP contribution in [0.5, 0.6) is 0 Å². The van der Waals surface area contributed by atoms with E-state index in [9.17, 15) is 13.4 Å². The summed E-state index contributed by atoms with van der Waals surface area (Å²) in [5.41, 5.74) is 0.698. The number of halogens is 1. The number of carboxylic acid groups (broad SMARTS) is 1. The summed E-state index contributed by atoms with van der Waals surface area (Å²) in [7, 11) is -1.40. The van der Waals surface area contributed by atoms with Gasteiger partial charge in [0.15, 0.2) is 0 Å². The van der Waals surface area contributed by atoms with E-state index in [1.807, 2.05) is 0 Å². The van der Waals surface area contributed by atoms with E-state index in [2.05, 4.69) is 0 Å². The van der Waals surface area contributed by atoms with Gasteiger partial charge in [0.2, 0.25) is 0 Å². The fraction of sp³-hybridized carbons (Fsp3) is 0.0714. The maximum atomic E-state index is 13.0. The smallest absolute Gasteiger partial charge is 0.335 e. The number of rotatable bonds is 4. The van der Waals surface area contributed by atoms with Gasteiger partial charge in [0.25, 0.3) is 0 Å². The normalized spacial score (nSPS) is 12.1. The molecule has 0 aromatic heterocycles. The van der Waals surface area contributed by atoms with Crippen molar-refractivity contribution in [2.75, 3.05) is 0 Å². The fourth-order valence-corrected chi connectivity index (χ4v) is 2.77. The Kier molecular flexibility index (Phi) is 4.06. The van der Waals surface area contributed by atoms with Crippen molar-refractivity contribution in [3.05, 3.63) is 65.5 Å². The predicted molar refractivity (Wildman–Crippen MR) is 69.9 cm³/mol. The van der Waals surface area contributed by atoms with E-state index in [4.69, 9.17) is 5.11 Å². The standard InChI is InChI=1S/C14H11FO3S/c15-12-5-1-3-10(7-12)9-19(18)13-6-2-4-11(8-13)14(16)17/h1-8H,9H2,(H,16,17). The first-order chi connectivity index (χ1) is 9.06. The van der Waals surface area contributed by atoms with Gasteiger partial charge >= 0.3 is 5.97 Å². The molecule has 2 aromatic carbocycles. The van der Waals surface area contributed by atoms with Crippen LogP contribution in [0.25, 0.3) is 0 Å². The van der Waals surface area contributed by atoms with Crippen LogP contribution in [0.2, 0.25) is 0 Å². The third kappa shape index (κ3) is 3.48. The highest BCUT2D eigenvalue weighted by atomic mass is 32.2. The average molecular weight is 278 g/mol. The highest BCUT2D eigenvalue weighted by molar-refractivity contribution is 7.84. The lowest BCUT2D eigenvalue weighted by molar-refractivity contribution is 0.0696. The van der Waals surface area contributed by atoms with Gasteiger partial charge in [-0.2, -0.15) is 0 Å². The molecule has 0 aliphatic heterocycles. The maximum Gasteiger partial charge on any atom is 0.335 e. The molecule has 2 rings (SSSR count). The Morgan fingerprint density at radius 2 is 1.89 bits per heavy atom. The van der Waals surface area contributed by atoms with Gasteiger partial charge in [-0.05, 0) is 35.9 Å². The lowest BCUT2D eigenvalue weighted by Crippen LogP contribution is -2.01. The molecule has 0 bridgehead atoms. The fourth-order valence-electron chi connectivity index (χ4n) is 1.63. The van der Waals surface area contributed by atoms with E-state index in [-0.39, 0.29) is 17.1 Å². The van der Waals surface area contributed by atoms with Gasteiger partial charge in [0.1, 0.15) is 5.82 Å². The Bertz CT molecular complexity index is 640. The Morgan fingerprint density at radius 1 is 1.16 bits per heavy atom. The Labute approximate surface area is 112 Å². The minimum Gasteiger partial charge on any atom is -0.478 e. The monoisotopic (exact) mass is 278 g/mol. The molecule has 0 heterocycles. The number of hydrogen-bond acceptors (Lipinski definition) is 2. The van der Waals surface area contributed by atoms with E-state index < -0.39 is 16.8 Å². The van der Waals surface area contributed by atoms with Gasteiger partial charge in [-0.25, -0.2) is 9.18 Å². The zero-order valence-electron chi connectivity index (χ0n) is 9.88. The summed E-state index contributed by atoms with van der Waals surface area (Å²) in [6, 6.07) is 11.8. The first-order valence-corrected chi connectivity index (χ1v) is 6.84. The van der Waals surface area contributed by atoms with Crippen LogP contribution in [0.1, 0.15) is 15.9 Å². The van der Waals surface area contributed by atoms with Crippen LogP contribution in [0, 0.1) is 5.82 Å². The van der Waals surface area contributed by atoms with E-state index in [1.54, 1.807) is 24.3 Å². The summed E-state index contributed by atoms with van der Waals surface area (Å²) in [5.74, 6) is -1.29. The molecule has 0 aliphatic carbocycles. The largest absolute Gasteiger partial charge is 0.478 e. The van der Waals surface area contributed by atoms with Gasteiger partial charge in [0, 0.05) is 4.90 Å². The molecule has 0 fully saturated rings. The van der Waals surface area contributed by atoms with Crippen molar-refractivity contribution in [2.24, 2.45) is 0 Å². The summed E-state index contributed by atoms with van der Waals surface area (Å²) in [4.78, 5) is 11.3. The molecular weight excluding hydrogens is 267 g/mol. The second-order valence-corrected chi connectivity index (χ2v) is 5.40. The van der Waals surface area contributed by atoms with Gasteiger partial charge in [-0.3, -0.25) is 4.21 Å². The van der Waals surface area contributed by atoms with Gasteiger partial charge in [-0.15, -0.1) is 0 Å². The molecule has 0 radical (unpaired) electrons. The Morgan fingerprint density at radius 3 is 2.58 bits per heavy atom. The van der Waals surface area contributed by atoms with Crippen LogP contribution in [0.4, 0.5) is 4.39 Å². The van der Waals surface area contributed by atoms with Crippen LogP contribution < -0.4 is 0 Å². The zero-order valence-corrected chi connectivity index (χ0v) is 10.7. The van der Waals surface area contributed by atoms with Gasteiger partial charge in [-0.1, -0.05) is 18.2 Å². The van der Waals surface area contributed by atoms with E-state index in [0.717, 1.165) is 0 Å². The summed E-state index contributed by atoms with van der Waals surface area (Å²) in [5, 5.41) is 8.87. The number of hydrogen-bond donors (Lipinski definition) is 1. The third-order valence-electron chi connectivity index (χ3n) is 2.53. The molecule has 19 heavy (non-hydrogen) atoms. The quantitative estimate of drug-likeness (QED) is 0.935. The molecular formula is C14H11FO3S. The van der Waals surface area contributed by atoms with Gasteiger partial charge in [0.05, 0.1) is 22.1 Å². The minimum atomic E-state index is -1.40. The molecule has 0 saturated carbocycles. The number of carbonyl (C=O) groups is 1. The molecule has 1 N–H and O–H groups in total. The van der Waals surface area contributed by atoms with E-state index in [1.165, 1.54) is 24.3 Å². The van der Waals surface area contributed by atoms with Crippen LogP contribution in [-0.4, -0.2) is 15.3 Å². The molecule has 0 aliphatic rings. The predicted octanol–water partition coefficient (Wildman–Crippen LogP) is 2.83. The molecule has 98 valence electrons. The Hall–Kier alpha value is -2.01. The molecule has 3 nitrogen and oxygen atoms in total. The second-order valence-electron chi connectivity index (χ2n) is 3.95. The maximum absolute atomic E-state index is 13.0. The number of aromatic carboxylic acids is 1. The van der Waals surface area contributed by atoms with Crippen LogP contribution in [0.15, 0.2) is 53.4 Å². The molecule has 1 unspecified atom stereocenters. The van der Waals surface area contributed by atoms with Crippen molar-refractivity contribution < 1.29 is 18.5 Å². The molecule has 0 saturated heterocycles.